The molecule has 0 radical (unpaired) electrons. The number of hydrogen-bond acceptors (Lipinski definition) is 10. The zero-order valence-corrected chi connectivity index (χ0v) is 59.3. The van der Waals surface area contributed by atoms with E-state index in [0.29, 0.717) is 34.9 Å². The van der Waals surface area contributed by atoms with E-state index in [1.807, 2.05) is 30.3 Å². The van der Waals surface area contributed by atoms with Crippen LogP contribution in [0.5, 0.6) is 0 Å². The quantitative estimate of drug-likeness (QED) is 0.126. The summed E-state index contributed by atoms with van der Waals surface area (Å²) in [5.41, 5.74) is 19.2. The van der Waals surface area contributed by atoms with Gasteiger partial charge in [0.1, 0.15) is 22.3 Å². The fourth-order valence-corrected chi connectivity index (χ4v) is 18.1. The molecule has 6 heterocycles. The van der Waals surface area contributed by atoms with Crippen LogP contribution in [0.15, 0.2) is 349 Å². The van der Waals surface area contributed by atoms with E-state index in [2.05, 4.69) is 309 Å². The van der Waals surface area contributed by atoms with Gasteiger partial charge in [-0.15, -0.1) is 22.7 Å². The van der Waals surface area contributed by atoms with E-state index in [1.54, 1.807) is 22.7 Å². The molecule has 0 aliphatic carbocycles. The van der Waals surface area contributed by atoms with Crippen LogP contribution in [-0.4, -0.2) is 29.9 Å². The molecule has 8 nitrogen and oxygen atoms in total. The summed E-state index contributed by atoms with van der Waals surface area (Å²) >= 11 is 3.60. The molecule has 0 amide bonds. The lowest BCUT2D eigenvalue weighted by Gasteiger charge is -2.15. The highest BCUT2D eigenvalue weighted by Gasteiger charge is 2.23. The maximum atomic E-state index is 6.85. The van der Waals surface area contributed by atoms with Gasteiger partial charge >= 0.3 is 0 Å². The average molecular weight is 1410 g/mol. The number of benzene rings is 16. The molecule has 0 N–H and O–H groups in total. The summed E-state index contributed by atoms with van der Waals surface area (Å²) in [6.45, 7) is 0. The minimum absolute atomic E-state index is 0.514. The van der Waals surface area contributed by atoms with Crippen molar-refractivity contribution in [1.82, 2.24) is 29.9 Å². The molecule has 0 aliphatic rings. The molecule has 0 fully saturated rings. The van der Waals surface area contributed by atoms with E-state index in [9.17, 15) is 0 Å². The van der Waals surface area contributed by atoms with Gasteiger partial charge < -0.3 is 8.83 Å². The van der Waals surface area contributed by atoms with Gasteiger partial charge in [-0.05, 0) is 199 Å². The molecule has 502 valence electrons. The first-order valence-corrected chi connectivity index (χ1v) is 37.7. The molecule has 0 saturated carbocycles. The average Bonchev–Trinajstić information content (AvgIpc) is 1.06. The summed E-state index contributed by atoms with van der Waals surface area (Å²) < 4.78 is 18.1. The Balaban J connectivity index is 0.657. The monoisotopic (exact) mass is 1410 g/mol. The Hall–Kier alpha value is -13.9. The van der Waals surface area contributed by atoms with Gasteiger partial charge in [-0.25, -0.2) is 29.9 Å². The standard InChI is InChI=1S/C98H56N6O2S2/c1-4-18-57(19-5-1)67-47-69(72-28-17-29-73-71(27-16-30-74(72)73)58-20-6-2-7-21-58)49-70(48-67)97-101-93(63-39-44-86-82(52-63)75-24-10-13-31-85(75)105-86)99-95(102-97)65-36-41-76-81-50-61(38-43-87(81)106-88(76)55-65)60-34-35-62-51-84(80(54-68(62)46-60)59-22-8-3-9-23-59)98-103-94(64-40-45-91-83(53-64)78-26-12-15-33-90(78)107-91)100-96(104-98)66-37-42-79-77-25-11-14-32-89(77)108-92(79)56-66/h1-56H. The molecule has 16 aromatic carbocycles. The van der Waals surface area contributed by atoms with Gasteiger partial charge in [0.25, 0.3) is 0 Å². The maximum absolute atomic E-state index is 6.85. The molecule has 6 aromatic heterocycles. The topological polar surface area (TPSA) is 104 Å². The molecule has 0 unspecified atom stereocenters. The molecule has 0 spiro atoms. The van der Waals surface area contributed by atoms with E-state index in [1.165, 1.54) is 56.9 Å². The van der Waals surface area contributed by atoms with Gasteiger partial charge in [0.2, 0.25) is 0 Å². The van der Waals surface area contributed by atoms with Crippen molar-refractivity contribution >= 4 is 128 Å². The van der Waals surface area contributed by atoms with E-state index in [0.717, 1.165) is 138 Å². The maximum Gasteiger partial charge on any atom is 0.164 e. The van der Waals surface area contributed by atoms with Crippen LogP contribution in [0.1, 0.15) is 0 Å². The van der Waals surface area contributed by atoms with Crippen LogP contribution >= 0.6 is 22.7 Å². The summed E-state index contributed by atoms with van der Waals surface area (Å²) in [4.78, 5) is 32.5. The Morgan fingerprint density at radius 1 is 0.167 bits per heavy atom. The van der Waals surface area contributed by atoms with Crippen LogP contribution < -0.4 is 0 Å². The molecule has 0 saturated heterocycles. The number of hydrogen-bond donors (Lipinski definition) is 0. The van der Waals surface area contributed by atoms with Crippen LogP contribution in [-0.2, 0) is 0 Å². The number of furan rings is 2. The van der Waals surface area contributed by atoms with Crippen molar-refractivity contribution in [2.45, 2.75) is 0 Å². The van der Waals surface area contributed by atoms with E-state index in [-0.39, 0.29) is 0 Å². The number of nitrogens with zero attached hydrogens (tertiary/aromatic N) is 6. The lowest BCUT2D eigenvalue weighted by molar-refractivity contribution is 0.668. The SMILES string of the molecule is c1ccc(-c2cc(-c3nc(-c4ccc5c(c4)oc4ccc(-c6ccc7cc(-c8nc(-c9ccc%10c(c9)sc9ccccc9%10)nc(-c9ccc%10sc%11ccccc%11c%10c9)n8)c(-c8ccccc8)cc7c6)cc45)nc(-c4ccc5oc6ccccc6c5c4)n3)cc(-c3cccc4c(-c5ccccc5)cccc34)c2)cc1. The highest BCUT2D eigenvalue weighted by molar-refractivity contribution is 7.26. The molecular weight excluding hydrogens is 1360 g/mol. The van der Waals surface area contributed by atoms with Crippen molar-refractivity contribution in [3.8, 4) is 124 Å². The largest absolute Gasteiger partial charge is 0.456 e. The molecule has 10 heteroatoms. The Morgan fingerprint density at radius 3 is 1.28 bits per heavy atom. The van der Waals surface area contributed by atoms with Crippen LogP contribution in [0, 0.1) is 0 Å². The van der Waals surface area contributed by atoms with E-state index in [4.69, 9.17) is 38.7 Å². The van der Waals surface area contributed by atoms with Gasteiger partial charge in [-0.1, -0.05) is 218 Å². The van der Waals surface area contributed by atoms with Gasteiger partial charge in [-0.2, -0.15) is 0 Å². The van der Waals surface area contributed by atoms with Crippen molar-refractivity contribution in [3.63, 3.8) is 0 Å². The Kier molecular flexibility index (Phi) is 14.2. The second-order valence-electron chi connectivity index (χ2n) is 27.6. The van der Waals surface area contributed by atoms with Crippen molar-refractivity contribution in [2.75, 3.05) is 0 Å². The van der Waals surface area contributed by atoms with Gasteiger partial charge in [-0.3, -0.25) is 0 Å². The van der Waals surface area contributed by atoms with Crippen molar-refractivity contribution in [1.29, 1.82) is 0 Å². The fourth-order valence-electron chi connectivity index (χ4n) is 15.9. The second kappa shape index (κ2) is 24.9. The zero-order valence-electron chi connectivity index (χ0n) is 57.6. The third-order valence-electron chi connectivity index (χ3n) is 21.2. The highest BCUT2D eigenvalue weighted by atomic mass is 32.1. The summed E-state index contributed by atoms with van der Waals surface area (Å²) in [7, 11) is 0. The zero-order chi connectivity index (χ0) is 70.9. The molecule has 0 bridgehead atoms. The highest BCUT2D eigenvalue weighted by Crippen LogP contribution is 2.45. The van der Waals surface area contributed by atoms with Crippen LogP contribution in [0.4, 0.5) is 0 Å². The minimum Gasteiger partial charge on any atom is -0.456 e. The number of aromatic nitrogens is 6. The van der Waals surface area contributed by atoms with Crippen molar-refractivity contribution < 1.29 is 8.83 Å². The first kappa shape index (κ1) is 61.6. The number of fused-ring (bicyclic) bond motifs is 14. The number of thiophene rings is 2. The summed E-state index contributed by atoms with van der Waals surface area (Å²) in [5, 5.41) is 13.3. The first-order chi connectivity index (χ1) is 53.4. The lowest BCUT2D eigenvalue weighted by atomic mass is 9.90. The molecule has 0 atom stereocenters. The van der Waals surface area contributed by atoms with Gasteiger partial charge in [0, 0.05) is 95.3 Å². The summed E-state index contributed by atoms with van der Waals surface area (Å²) in [5.74, 6) is 3.42. The van der Waals surface area contributed by atoms with Crippen molar-refractivity contribution in [3.05, 3.63) is 340 Å². The van der Waals surface area contributed by atoms with Crippen LogP contribution in [0.2, 0.25) is 0 Å². The van der Waals surface area contributed by atoms with Crippen molar-refractivity contribution in [2.24, 2.45) is 0 Å². The third-order valence-corrected chi connectivity index (χ3v) is 23.4. The molecular formula is C98H56N6O2S2. The minimum atomic E-state index is 0.514. The molecule has 108 heavy (non-hydrogen) atoms. The Labute approximate surface area is 626 Å². The molecule has 0 aliphatic heterocycles. The third kappa shape index (κ3) is 10.6. The van der Waals surface area contributed by atoms with E-state index < -0.39 is 0 Å². The van der Waals surface area contributed by atoms with Crippen LogP contribution in [0.3, 0.4) is 0 Å². The fraction of sp³-hybridized carbons (Fsp3) is 0. The first-order valence-electron chi connectivity index (χ1n) is 36.1. The van der Waals surface area contributed by atoms with Crippen LogP contribution in [0.25, 0.3) is 230 Å². The normalized spacial score (nSPS) is 11.9. The van der Waals surface area contributed by atoms with E-state index >= 15 is 0 Å². The summed E-state index contributed by atoms with van der Waals surface area (Å²) in [6, 6.07) is 121. The molecule has 22 aromatic rings. The Morgan fingerprint density at radius 2 is 0.583 bits per heavy atom. The van der Waals surface area contributed by atoms with Gasteiger partial charge in [0.15, 0.2) is 34.9 Å². The predicted octanol–water partition coefficient (Wildman–Crippen LogP) is 27.2. The lowest BCUT2D eigenvalue weighted by Crippen LogP contribution is -2.01. The Bertz CT molecular complexity index is 7450. The summed E-state index contributed by atoms with van der Waals surface area (Å²) in [6.07, 6.45) is 0. The number of rotatable bonds is 11. The van der Waals surface area contributed by atoms with Gasteiger partial charge in [0.05, 0.1) is 0 Å². The second-order valence-corrected chi connectivity index (χ2v) is 29.8. The predicted molar refractivity (Wildman–Crippen MR) is 448 cm³/mol. The smallest absolute Gasteiger partial charge is 0.164 e. The number of para-hydroxylation sites is 1. The molecule has 22 rings (SSSR count).